The van der Waals surface area contributed by atoms with Crippen molar-refractivity contribution >= 4 is 5.69 Å². The van der Waals surface area contributed by atoms with Crippen molar-refractivity contribution in [2.24, 2.45) is 0 Å². The maximum atomic E-state index is 5.58. The maximum absolute atomic E-state index is 5.58. The number of anilines is 1. The van der Waals surface area contributed by atoms with Gasteiger partial charge in [0.25, 0.3) is 5.89 Å². The Morgan fingerprint density at radius 2 is 1.95 bits per heavy atom. The second-order valence-electron chi connectivity index (χ2n) is 4.06. The zero-order chi connectivity index (χ0) is 13.2. The van der Waals surface area contributed by atoms with Gasteiger partial charge in [0.15, 0.2) is 0 Å². The zero-order valence-electron chi connectivity index (χ0n) is 10.2. The number of nitrogen functional groups attached to an aromatic ring is 1. The SMILES string of the molecule is Cc1cccc(-c2noc(-c3ccc(N)cn3)n2)n1. The van der Waals surface area contributed by atoms with Crippen LogP contribution in [-0.4, -0.2) is 20.1 Å². The van der Waals surface area contributed by atoms with E-state index >= 15 is 0 Å². The van der Waals surface area contributed by atoms with Gasteiger partial charge in [-0.1, -0.05) is 11.2 Å². The van der Waals surface area contributed by atoms with Crippen LogP contribution in [0.4, 0.5) is 5.69 Å². The van der Waals surface area contributed by atoms with Crippen molar-refractivity contribution in [3.63, 3.8) is 0 Å². The van der Waals surface area contributed by atoms with Crippen molar-refractivity contribution in [1.82, 2.24) is 20.1 Å². The van der Waals surface area contributed by atoms with Crippen LogP contribution < -0.4 is 5.73 Å². The van der Waals surface area contributed by atoms with Crippen molar-refractivity contribution < 1.29 is 4.52 Å². The van der Waals surface area contributed by atoms with Crippen LogP contribution in [0.3, 0.4) is 0 Å². The summed E-state index contributed by atoms with van der Waals surface area (Å²) in [6.45, 7) is 1.91. The number of pyridine rings is 2. The molecule has 0 saturated heterocycles. The molecule has 0 aliphatic heterocycles. The number of nitrogens with zero attached hydrogens (tertiary/aromatic N) is 4. The van der Waals surface area contributed by atoms with Gasteiger partial charge in [-0.25, -0.2) is 9.97 Å². The molecular formula is C13H11N5O. The van der Waals surface area contributed by atoms with Crippen LogP contribution in [0.5, 0.6) is 0 Å². The minimum atomic E-state index is 0.346. The Hall–Kier alpha value is -2.76. The lowest BCUT2D eigenvalue weighted by molar-refractivity contribution is 0.431. The van der Waals surface area contributed by atoms with Gasteiger partial charge in [-0.3, -0.25) is 0 Å². The molecule has 0 spiro atoms. The standard InChI is InChI=1S/C13H11N5O/c1-8-3-2-4-10(16-8)12-17-13(19-18-12)11-6-5-9(14)7-15-11/h2-7H,14H2,1H3. The fraction of sp³-hybridized carbons (Fsp3) is 0.0769. The Morgan fingerprint density at radius 3 is 2.68 bits per heavy atom. The molecule has 0 aromatic carbocycles. The molecule has 0 fully saturated rings. The summed E-state index contributed by atoms with van der Waals surface area (Å²) in [5, 5.41) is 3.91. The molecule has 19 heavy (non-hydrogen) atoms. The Morgan fingerprint density at radius 1 is 1.05 bits per heavy atom. The summed E-state index contributed by atoms with van der Waals surface area (Å²) < 4.78 is 5.18. The summed E-state index contributed by atoms with van der Waals surface area (Å²) >= 11 is 0. The van der Waals surface area contributed by atoms with E-state index < -0.39 is 0 Å². The minimum Gasteiger partial charge on any atom is -0.397 e. The first-order chi connectivity index (χ1) is 9.22. The van der Waals surface area contributed by atoms with Crippen molar-refractivity contribution in [3.05, 3.63) is 42.2 Å². The van der Waals surface area contributed by atoms with Gasteiger partial charge in [0, 0.05) is 5.69 Å². The van der Waals surface area contributed by atoms with E-state index in [4.69, 9.17) is 10.3 Å². The fourth-order valence-corrected chi connectivity index (χ4v) is 1.63. The van der Waals surface area contributed by atoms with Crippen molar-refractivity contribution in [3.8, 4) is 23.1 Å². The highest BCUT2D eigenvalue weighted by Crippen LogP contribution is 2.19. The van der Waals surface area contributed by atoms with Gasteiger partial charge in [-0.15, -0.1) is 0 Å². The smallest absolute Gasteiger partial charge is 0.276 e. The molecule has 0 aliphatic carbocycles. The van der Waals surface area contributed by atoms with Crippen LogP contribution in [0.15, 0.2) is 41.1 Å². The summed E-state index contributed by atoms with van der Waals surface area (Å²) in [5.41, 5.74) is 8.32. The van der Waals surface area contributed by atoms with Gasteiger partial charge in [-0.05, 0) is 31.2 Å². The lowest BCUT2D eigenvalue weighted by atomic mass is 10.3. The highest BCUT2D eigenvalue weighted by Gasteiger charge is 2.12. The van der Waals surface area contributed by atoms with Gasteiger partial charge >= 0.3 is 0 Å². The van der Waals surface area contributed by atoms with E-state index in [1.54, 1.807) is 18.3 Å². The highest BCUT2D eigenvalue weighted by molar-refractivity contribution is 5.55. The number of aryl methyl sites for hydroxylation is 1. The van der Waals surface area contributed by atoms with Crippen LogP contribution in [0.25, 0.3) is 23.1 Å². The van der Waals surface area contributed by atoms with Crippen molar-refractivity contribution in [1.29, 1.82) is 0 Å². The van der Waals surface area contributed by atoms with Gasteiger partial charge in [0.1, 0.15) is 11.4 Å². The third-order valence-electron chi connectivity index (χ3n) is 2.55. The lowest BCUT2D eigenvalue weighted by Gasteiger charge is -1.95. The number of hydrogen-bond acceptors (Lipinski definition) is 6. The fourth-order valence-electron chi connectivity index (χ4n) is 1.63. The van der Waals surface area contributed by atoms with Crippen LogP contribution in [0.1, 0.15) is 5.69 Å². The predicted molar refractivity (Wildman–Crippen MR) is 69.9 cm³/mol. The lowest BCUT2D eigenvalue weighted by Crippen LogP contribution is -1.89. The van der Waals surface area contributed by atoms with Crippen molar-refractivity contribution in [2.75, 3.05) is 5.73 Å². The molecule has 0 unspecified atom stereocenters. The maximum Gasteiger partial charge on any atom is 0.276 e. The number of hydrogen-bond donors (Lipinski definition) is 1. The number of rotatable bonds is 2. The van der Waals surface area contributed by atoms with E-state index in [0.29, 0.717) is 28.8 Å². The monoisotopic (exact) mass is 253 g/mol. The zero-order valence-corrected chi connectivity index (χ0v) is 10.2. The third-order valence-corrected chi connectivity index (χ3v) is 2.55. The first-order valence-corrected chi connectivity index (χ1v) is 5.72. The predicted octanol–water partition coefficient (Wildman–Crippen LogP) is 2.08. The summed E-state index contributed by atoms with van der Waals surface area (Å²) in [7, 11) is 0. The topological polar surface area (TPSA) is 90.7 Å². The molecule has 0 bridgehead atoms. The normalized spacial score (nSPS) is 10.6. The van der Waals surface area contributed by atoms with Gasteiger partial charge in [0.05, 0.1) is 11.9 Å². The largest absolute Gasteiger partial charge is 0.397 e. The molecule has 2 N–H and O–H groups in total. The molecule has 3 aromatic rings. The summed E-state index contributed by atoms with van der Waals surface area (Å²) in [6, 6.07) is 9.10. The summed E-state index contributed by atoms with van der Waals surface area (Å²) in [5.74, 6) is 0.788. The van der Waals surface area contributed by atoms with E-state index in [-0.39, 0.29) is 0 Å². The number of aromatic nitrogens is 4. The molecule has 0 amide bonds. The minimum absolute atomic E-state index is 0.346. The Bertz CT molecular complexity index is 705. The molecule has 0 aliphatic rings. The molecule has 0 saturated carbocycles. The van der Waals surface area contributed by atoms with Gasteiger partial charge in [0.2, 0.25) is 5.82 Å². The average Bonchev–Trinajstić information content (AvgIpc) is 2.89. The Balaban J connectivity index is 1.97. The van der Waals surface area contributed by atoms with Crippen LogP contribution in [-0.2, 0) is 0 Å². The molecule has 0 atom stereocenters. The second-order valence-corrected chi connectivity index (χ2v) is 4.06. The first-order valence-electron chi connectivity index (χ1n) is 5.72. The molecule has 94 valence electrons. The molecule has 3 rings (SSSR count). The Labute approximate surface area is 109 Å². The number of nitrogens with two attached hydrogens (primary N) is 1. The molecule has 3 heterocycles. The van der Waals surface area contributed by atoms with Crippen LogP contribution in [0.2, 0.25) is 0 Å². The molecule has 6 nitrogen and oxygen atoms in total. The van der Waals surface area contributed by atoms with E-state index in [0.717, 1.165) is 5.69 Å². The Kier molecular flexibility index (Phi) is 2.68. The van der Waals surface area contributed by atoms with Crippen LogP contribution in [0, 0.1) is 6.92 Å². The first kappa shape index (κ1) is 11.3. The van der Waals surface area contributed by atoms with E-state index in [2.05, 4.69) is 20.1 Å². The van der Waals surface area contributed by atoms with Gasteiger partial charge in [-0.2, -0.15) is 4.98 Å². The second kappa shape index (κ2) is 4.49. The summed E-state index contributed by atoms with van der Waals surface area (Å²) in [4.78, 5) is 12.7. The molecule has 0 radical (unpaired) electrons. The van der Waals surface area contributed by atoms with Crippen molar-refractivity contribution in [2.45, 2.75) is 6.92 Å². The highest BCUT2D eigenvalue weighted by atomic mass is 16.5. The third kappa shape index (κ3) is 2.28. The molecule has 6 heteroatoms. The summed E-state index contributed by atoms with van der Waals surface area (Å²) in [6.07, 6.45) is 1.55. The molecule has 3 aromatic heterocycles. The average molecular weight is 253 g/mol. The van der Waals surface area contributed by atoms with Gasteiger partial charge < -0.3 is 10.3 Å². The van der Waals surface area contributed by atoms with E-state index in [1.165, 1.54) is 0 Å². The van der Waals surface area contributed by atoms with E-state index in [1.807, 2.05) is 25.1 Å². The van der Waals surface area contributed by atoms with E-state index in [9.17, 15) is 0 Å². The van der Waals surface area contributed by atoms with Crippen LogP contribution >= 0.6 is 0 Å². The quantitative estimate of drug-likeness (QED) is 0.751. The molecular weight excluding hydrogens is 242 g/mol.